The van der Waals surface area contributed by atoms with Crippen LogP contribution in [0.25, 0.3) is 22.3 Å². The van der Waals surface area contributed by atoms with Crippen molar-refractivity contribution in [3.63, 3.8) is 0 Å². The van der Waals surface area contributed by atoms with Crippen molar-refractivity contribution < 1.29 is 18.8 Å². The van der Waals surface area contributed by atoms with E-state index in [1.54, 1.807) is 25.3 Å². The van der Waals surface area contributed by atoms with Crippen LogP contribution in [0.3, 0.4) is 0 Å². The minimum absolute atomic E-state index is 0.401. The number of benzene rings is 2. The highest BCUT2D eigenvalue weighted by atomic mass is 35.5. The molecule has 0 amide bonds. The normalized spacial score (nSPS) is 12.7. The second kappa shape index (κ2) is 14.9. The fourth-order valence-electron chi connectivity index (χ4n) is 4.71. The Labute approximate surface area is 262 Å². The lowest BCUT2D eigenvalue weighted by Gasteiger charge is -2.18. The molecular formula is C32H39Cl2N5O4. The molecule has 4 aromatic rings. The SMILES string of the molecule is CCC(CC)NCc1c(-c2c(Cl)cccc2Cl)noc1C1CC1.CCN(C)c1nc2ccc(C(=O)OC)cc2nc1OC. The molecule has 1 aliphatic carbocycles. The summed E-state index contributed by atoms with van der Waals surface area (Å²) in [5, 5.41) is 9.14. The van der Waals surface area contributed by atoms with Crippen LogP contribution in [0.2, 0.25) is 10.0 Å². The minimum Gasteiger partial charge on any atom is -0.478 e. The minimum atomic E-state index is -0.401. The molecule has 2 heterocycles. The second-order valence-corrected chi connectivity index (χ2v) is 11.2. The molecule has 0 saturated heterocycles. The quantitative estimate of drug-likeness (QED) is 0.168. The van der Waals surface area contributed by atoms with E-state index < -0.39 is 5.97 Å². The molecule has 2 aromatic carbocycles. The molecule has 1 saturated carbocycles. The highest BCUT2D eigenvalue weighted by Crippen LogP contribution is 2.45. The lowest BCUT2D eigenvalue weighted by Crippen LogP contribution is -2.27. The Morgan fingerprint density at radius 2 is 1.77 bits per heavy atom. The predicted octanol–water partition coefficient (Wildman–Crippen LogP) is 7.69. The van der Waals surface area contributed by atoms with E-state index in [1.807, 2.05) is 37.1 Å². The average Bonchev–Trinajstić information content (AvgIpc) is 3.80. The summed E-state index contributed by atoms with van der Waals surface area (Å²) in [4.78, 5) is 22.4. The van der Waals surface area contributed by atoms with Crippen molar-refractivity contribution >= 4 is 46.0 Å². The Bertz CT molecular complexity index is 1530. The van der Waals surface area contributed by atoms with E-state index in [0.717, 1.165) is 48.5 Å². The number of fused-ring (bicyclic) bond motifs is 1. The van der Waals surface area contributed by atoms with Crippen LogP contribution in [0.1, 0.15) is 74.1 Å². The maximum absolute atomic E-state index is 11.5. The molecule has 11 heteroatoms. The number of nitrogens with zero attached hydrogens (tertiary/aromatic N) is 4. The average molecular weight is 629 g/mol. The van der Waals surface area contributed by atoms with Gasteiger partial charge >= 0.3 is 5.97 Å². The van der Waals surface area contributed by atoms with Gasteiger partial charge in [-0.1, -0.05) is 48.3 Å². The number of nitrogens with one attached hydrogen (secondary N) is 1. The van der Waals surface area contributed by atoms with E-state index in [9.17, 15) is 4.79 Å². The maximum atomic E-state index is 11.5. The Morgan fingerprint density at radius 1 is 1.07 bits per heavy atom. The Morgan fingerprint density at radius 3 is 2.35 bits per heavy atom. The van der Waals surface area contributed by atoms with E-state index in [-0.39, 0.29) is 0 Å². The van der Waals surface area contributed by atoms with Crippen LogP contribution in [0.5, 0.6) is 5.88 Å². The van der Waals surface area contributed by atoms with E-state index in [0.29, 0.717) is 50.3 Å². The van der Waals surface area contributed by atoms with Gasteiger partial charge in [-0.3, -0.25) is 0 Å². The number of esters is 1. The molecule has 0 aliphatic heterocycles. The monoisotopic (exact) mass is 627 g/mol. The van der Waals surface area contributed by atoms with Crippen molar-refractivity contribution in [2.75, 3.05) is 32.7 Å². The van der Waals surface area contributed by atoms with Crippen LogP contribution < -0.4 is 15.0 Å². The van der Waals surface area contributed by atoms with Crippen molar-refractivity contribution in [3.8, 4) is 17.1 Å². The topological polar surface area (TPSA) is 103 Å². The van der Waals surface area contributed by atoms with E-state index in [2.05, 4.69) is 34.3 Å². The van der Waals surface area contributed by atoms with Crippen molar-refractivity contribution in [2.45, 2.75) is 65.0 Å². The number of methoxy groups -OCH3 is 2. The first-order chi connectivity index (χ1) is 20.8. The van der Waals surface area contributed by atoms with Crippen molar-refractivity contribution in [3.05, 3.63) is 63.3 Å². The summed E-state index contributed by atoms with van der Waals surface area (Å²) < 4.78 is 15.6. The lowest BCUT2D eigenvalue weighted by atomic mass is 10.0. The highest BCUT2D eigenvalue weighted by Gasteiger charge is 2.33. The maximum Gasteiger partial charge on any atom is 0.337 e. The van der Waals surface area contributed by atoms with Crippen LogP contribution in [-0.4, -0.2) is 54.9 Å². The summed E-state index contributed by atoms with van der Waals surface area (Å²) in [6.45, 7) is 7.94. The first-order valence-electron chi connectivity index (χ1n) is 14.6. The summed E-state index contributed by atoms with van der Waals surface area (Å²) >= 11 is 12.7. The molecule has 43 heavy (non-hydrogen) atoms. The summed E-state index contributed by atoms with van der Waals surface area (Å²) in [5.41, 5.74) is 4.39. The molecule has 230 valence electrons. The third kappa shape index (κ3) is 7.58. The van der Waals surface area contributed by atoms with Gasteiger partial charge in [0.05, 0.1) is 40.9 Å². The van der Waals surface area contributed by atoms with Crippen molar-refractivity contribution in [1.29, 1.82) is 0 Å². The number of anilines is 1. The Hall–Kier alpha value is -3.40. The number of ether oxygens (including phenoxy) is 2. The standard InChI is InChI=1S/C18H22Cl2N2O.C14H17N3O3/c1-3-12(4-2)21-10-13-17(22-23-18(13)11-8-9-11)16-14(19)6-5-7-15(16)20;1-5-17(2)12-13(19-3)16-11-8-9(14(18)20-4)6-7-10(11)15-12/h5-7,11-12,21H,3-4,8-10H2,1-2H3;6-8H,5H2,1-4H3. The molecule has 5 rings (SSSR count). The van der Waals surface area contributed by atoms with Gasteiger partial charge in [-0.05, 0) is 62.9 Å². The zero-order valence-electron chi connectivity index (χ0n) is 25.5. The van der Waals surface area contributed by atoms with Gasteiger partial charge in [-0.25, -0.2) is 14.8 Å². The largest absolute Gasteiger partial charge is 0.478 e. The van der Waals surface area contributed by atoms with Crippen LogP contribution >= 0.6 is 23.2 Å². The molecule has 0 unspecified atom stereocenters. The van der Waals surface area contributed by atoms with E-state index in [4.69, 9.17) is 37.2 Å². The van der Waals surface area contributed by atoms with Gasteiger partial charge in [-0.2, -0.15) is 0 Å². The van der Waals surface area contributed by atoms with Crippen LogP contribution in [0, 0.1) is 0 Å². The second-order valence-electron chi connectivity index (χ2n) is 10.4. The highest BCUT2D eigenvalue weighted by molar-refractivity contribution is 6.39. The summed E-state index contributed by atoms with van der Waals surface area (Å²) in [6, 6.07) is 11.1. The summed E-state index contributed by atoms with van der Waals surface area (Å²) in [5.74, 6) is 2.20. The molecular weight excluding hydrogens is 589 g/mol. The number of hydrogen-bond donors (Lipinski definition) is 1. The number of aromatic nitrogens is 3. The first-order valence-corrected chi connectivity index (χ1v) is 15.3. The summed E-state index contributed by atoms with van der Waals surface area (Å²) in [6.07, 6.45) is 4.54. The number of halogens is 2. The van der Waals surface area contributed by atoms with Gasteiger partial charge in [-0.15, -0.1) is 0 Å². The van der Waals surface area contributed by atoms with Gasteiger partial charge in [0.1, 0.15) is 11.5 Å². The molecule has 1 N–H and O–H groups in total. The van der Waals surface area contributed by atoms with Crippen molar-refractivity contribution in [2.24, 2.45) is 0 Å². The van der Waals surface area contributed by atoms with Gasteiger partial charge in [0.15, 0.2) is 5.82 Å². The number of carbonyl (C=O) groups is 1. The molecule has 0 bridgehead atoms. The van der Waals surface area contributed by atoms with Crippen LogP contribution in [0.15, 0.2) is 40.9 Å². The zero-order valence-corrected chi connectivity index (χ0v) is 27.1. The van der Waals surface area contributed by atoms with E-state index in [1.165, 1.54) is 20.0 Å². The van der Waals surface area contributed by atoms with Gasteiger partial charge < -0.3 is 24.2 Å². The fraction of sp³-hybridized carbons (Fsp3) is 0.438. The summed E-state index contributed by atoms with van der Waals surface area (Å²) in [7, 11) is 4.81. The Kier molecular flexibility index (Phi) is 11.2. The predicted molar refractivity (Wildman–Crippen MR) is 172 cm³/mol. The first kappa shape index (κ1) is 32.5. The molecule has 2 aromatic heterocycles. The van der Waals surface area contributed by atoms with Crippen molar-refractivity contribution in [1.82, 2.24) is 20.4 Å². The van der Waals surface area contributed by atoms with Gasteiger partial charge in [0.25, 0.3) is 5.88 Å². The van der Waals surface area contributed by atoms with E-state index >= 15 is 0 Å². The molecule has 0 spiro atoms. The van der Waals surface area contributed by atoms with Gasteiger partial charge in [0.2, 0.25) is 0 Å². The fourth-order valence-corrected chi connectivity index (χ4v) is 5.29. The molecule has 9 nitrogen and oxygen atoms in total. The smallest absolute Gasteiger partial charge is 0.337 e. The number of hydrogen-bond acceptors (Lipinski definition) is 9. The molecule has 0 atom stereocenters. The van der Waals surface area contributed by atoms with Crippen LogP contribution in [0.4, 0.5) is 5.82 Å². The Balaban J connectivity index is 0.000000199. The molecule has 1 fully saturated rings. The number of rotatable bonds is 11. The third-order valence-corrected chi connectivity index (χ3v) is 8.21. The lowest BCUT2D eigenvalue weighted by molar-refractivity contribution is 0.0601. The zero-order chi connectivity index (χ0) is 31.1. The van der Waals surface area contributed by atoms with Crippen LogP contribution in [-0.2, 0) is 11.3 Å². The van der Waals surface area contributed by atoms with Gasteiger partial charge in [0, 0.05) is 43.2 Å². The molecule has 1 aliphatic rings. The third-order valence-electron chi connectivity index (χ3n) is 7.58. The number of carbonyl (C=O) groups excluding carboxylic acids is 1. The molecule has 0 radical (unpaired) electrons.